The zero-order valence-corrected chi connectivity index (χ0v) is 20.6. The van der Waals surface area contributed by atoms with Gasteiger partial charge in [0.25, 0.3) is 5.91 Å². The molecule has 1 aliphatic rings. The SMILES string of the molecule is CCOC(=O)Oc1ccc(C(=O)NCC2CCN(C(=O)CCCOc3ccccc3Cl)CC2)cc1. The Labute approximate surface area is 210 Å². The maximum Gasteiger partial charge on any atom is 0.513 e. The molecule has 2 aromatic rings. The summed E-state index contributed by atoms with van der Waals surface area (Å²) < 4.78 is 15.4. The van der Waals surface area contributed by atoms with Crippen LogP contribution in [-0.2, 0) is 9.53 Å². The maximum atomic E-state index is 12.5. The Morgan fingerprint density at radius 1 is 1.06 bits per heavy atom. The Bertz CT molecular complexity index is 990. The van der Waals surface area contributed by atoms with Crippen molar-refractivity contribution in [2.45, 2.75) is 32.6 Å². The van der Waals surface area contributed by atoms with Gasteiger partial charge in [-0.05, 0) is 68.5 Å². The Hall–Kier alpha value is -3.26. The molecule has 188 valence electrons. The number of para-hydroxylation sites is 1. The molecular formula is C26H31ClN2O6. The smallest absolute Gasteiger partial charge is 0.492 e. The molecule has 9 heteroatoms. The number of amides is 2. The molecule has 0 saturated carbocycles. The number of nitrogens with one attached hydrogen (secondary N) is 1. The number of nitrogens with zero attached hydrogens (tertiary/aromatic N) is 1. The van der Waals surface area contributed by atoms with E-state index < -0.39 is 6.16 Å². The molecule has 3 rings (SSSR count). The van der Waals surface area contributed by atoms with Crippen molar-refractivity contribution in [3.05, 3.63) is 59.1 Å². The fraction of sp³-hybridized carbons (Fsp3) is 0.423. The van der Waals surface area contributed by atoms with E-state index >= 15 is 0 Å². The van der Waals surface area contributed by atoms with Crippen LogP contribution in [-0.4, -0.2) is 55.7 Å². The second-order valence-electron chi connectivity index (χ2n) is 8.23. The number of rotatable bonds is 10. The van der Waals surface area contributed by atoms with Crippen LogP contribution < -0.4 is 14.8 Å². The number of ether oxygens (including phenoxy) is 3. The van der Waals surface area contributed by atoms with Gasteiger partial charge in [-0.2, -0.15) is 0 Å². The van der Waals surface area contributed by atoms with Crippen LogP contribution in [0.5, 0.6) is 11.5 Å². The van der Waals surface area contributed by atoms with E-state index in [2.05, 4.69) is 5.32 Å². The van der Waals surface area contributed by atoms with Crippen LogP contribution in [0.3, 0.4) is 0 Å². The standard InChI is InChI=1S/C26H31ClN2O6/c1-2-33-26(32)35-21-11-9-20(10-12-21)25(31)28-18-19-13-15-29(16-14-19)24(30)8-5-17-34-23-7-4-3-6-22(23)27/h3-4,6-7,9-12,19H,2,5,8,13-18H2,1H3,(H,28,31). The van der Waals surface area contributed by atoms with Crippen LogP contribution in [0.15, 0.2) is 48.5 Å². The molecule has 1 fully saturated rings. The molecule has 2 amide bonds. The number of likely N-dealkylation sites (tertiary alicyclic amines) is 1. The van der Waals surface area contributed by atoms with Crippen LogP contribution in [0.25, 0.3) is 0 Å². The predicted molar refractivity (Wildman–Crippen MR) is 132 cm³/mol. The van der Waals surface area contributed by atoms with Gasteiger partial charge in [0.1, 0.15) is 11.5 Å². The average molecular weight is 503 g/mol. The van der Waals surface area contributed by atoms with Crippen molar-refractivity contribution >= 4 is 29.6 Å². The van der Waals surface area contributed by atoms with E-state index in [0.29, 0.717) is 67.1 Å². The molecule has 1 saturated heterocycles. The van der Waals surface area contributed by atoms with E-state index in [9.17, 15) is 14.4 Å². The Morgan fingerprint density at radius 2 is 1.77 bits per heavy atom. The molecule has 0 unspecified atom stereocenters. The molecule has 1 N–H and O–H groups in total. The summed E-state index contributed by atoms with van der Waals surface area (Å²) in [7, 11) is 0. The largest absolute Gasteiger partial charge is 0.513 e. The van der Waals surface area contributed by atoms with Crippen molar-refractivity contribution in [1.82, 2.24) is 10.2 Å². The highest BCUT2D eigenvalue weighted by molar-refractivity contribution is 6.32. The van der Waals surface area contributed by atoms with Gasteiger partial charge in [0.2, 0.25) is 5.91 Å². The van der Waals surface area contributed by atoms with Gasteiger partial charge in [0.15, 0.2) is 0 Å². The molecule has 0 aromatic heterocycles. The summed E-state index contributed by atoms with van der Waals surface area (Å²) in [4.78, 5) is 38.2. The third-order valence-corrected chi connectivity index (χ3v) is 6.04. The fourth-order valence-electron chi connectivity index (χ4n) is 3.77. The van der Waals surface area contributed by atoms with Crippen LogP contribution in [0.2, 0.25) is 5.02 Å². The molecule has 0 bridgehead atoms. The van der Waals surface area contributed by atoms with Crippen molar-refractivity contribution < 1.29 is 28.6 Å². The monoisotopic (exact) mass is 502 g/mol. The van der Waals surface area contributed by atoms with E-state index in [1.807, 2.05) is 23.1 Å². The van der Waals surface area contributed by atoms with Crippen LogP contribution in [0, 0.1) is 5.92 Å². The van der Waals surface area contributed by atoms with E-state index in [1.54, 1.807) is 37.3 Å². The van der Waals surface area contributed by atoms with Gasteiger partial charge in [-0.15, -0.1) is 0 Å². The lowest BCUT2D eigenvalue weighted by molar-refractivity contribution is -0.132. The van der Waals surface area contributed by atoms with Crippen molar-refractivity contribution in [1.29, 1.82) is 0 Å². The van der Waals surface area contributed by atoms with Crippen LogP contribution in [0.4, 0.5) is 4.79 Å². The van der Waals surface area contributed by atoms with E-state index in [1.165, 1.54) is 0 Å². The molecule has 0 radical (unpaired) electrons. The first-order chi connectivity index (χ1) is 17.0. The summed E-state index contributed by atoms with van der Waals surface area (Å²) in [5.41, 5.74) is 0.479. The minimum absolute atomic E-state index is 0.125. The van der Waals surface area contributed by atoms with E-state index in [0.717, 1.165) is 12.8 Å². The zero-order valence-electron chi connectivity index (χ0n) is 19.8. The lowest BCUT2D eigenvalue weighted by Crippen LogP contribution is -2.41. The maximum absolute atomic E-state index is 12.5. The number of hydrogen-bond acceptors (Lipinski definition) is 6. The fourth-order valence-corrected chi connectivity index (χ4v) is 3.96. The summed E-state index contributed by atoms with van der Waals surface area (Å²) in [6, 6.07) is 13.6. The van der Waals surface area contributed by atoms with E-state index in [-0.39, 0.29) is 18.4 Å². The second kappa shape index (κ2) is 13.6. The molecule has 1 heterocycles. The molecule has 0 aliphatic carbocycles. The highest BCUT2D eigenvalue weighted by Gasteiger charge is 2.23. The third kappa shape index (κ3) is 8.47. The number of benzene rings is 2. The highest BCUT2D eigenvalue weighted by atomic mass is 35.5. The van der Waals surface area contributed by atoms with Gasteiger partial charge in [-0.1, -0.05) is 23.7 Å². The van der Waals surface area contributed by atoms with Crippen molar-refractivity contribution in [2.24, 2.45) is 5.92 Å². The first kappa shape index (κ1) is 26.3. The zero-order chi connectivity index (χ0) is 25.0. The van der Waals surface area contributed by atoms with Gasteiger partial charge >= 0.3 is 6.16 Å². The predicted octanol–water partition coefficient (Wildman–Crippen LogP) is 4.70. The van der Waals surface area contributed by atoms with Gasteiger partial charge < -0.3 is 24.4 Å². The number of carbonyl (C=O) groups is 3. The summed E-state index contributed by atoms with van der Waals surface area (Å²) in [5.74, 6) is 1.20. The van der Waals surface area contributed by atoms with Gasteiger partial charge in [0, 0.05) is 31.6 Å². The topological polar surface area (TPSA) is 94.2 Å². The minimum Gasteiger partial charge on any atom is -0.492 e. The highest BCUT2D eigenvalue weighted by Crippen LogP contribution is 2.23. The summed E-state index contributed by atoms with van der Waals surface area (Å²) in [6.07, 6.45) is 1.97. The Balaban J connectivity index is 1.32. The number of piperidine rings is 1. The van der Waals surface area contributed by atoms with Crippen LogP contribution >= 0.6 is 11.6 Å². The number of carbonyl (C=O) groups excluding carboxylic acids is 3. The normalized spacial score (nSPS) is 13.7. The van der Waals surface area contributed by atoms with E-state index in [4.69, 9.17) is 25.8 Å². The molecule has 35 heavy (non-hydrogen) atoms. The van der Waals surface area contributed by atoms with Gasteiger partial charge in [-0.25, -0.2) is 4.79 Å². The number of halogens is 1. The summed E-state index contributed by atoms with van der Waals surface area (Å²) >= 11 is 6.07. The molecule has 1 aliphatic heterocycles. The van der Waals surface area contributed by atoms with Crippen molar-refractivity contribution in [2.75, 3.05) is 32.8 Å². The van der Waals surface area contributed by atoms with Crippen molar-refractivity contribution in [3.63, 3.8) is 0 Å². The molecule has 8 nitrogen and oxygen atoms in total. The van der Waals surface area contributed by atoms with Crippen molar-refractivity contribution in [3.8, 4) is 11.5 Å². The van der Waals surface area contributed by atoms with Gasteiger partial charge in [0.05, 0.1) is 18.2 Å². The molecule has 0 atom stereocenters. The first-order valence-electron chi connectivity index (χ1n) is 11.8. The molecule has 0 spiro atoms. The molecular weight excluding hydrogens is 472 g/mol. The third-order valence-electron chi connectivity index (χ3n) is 5.73. The Kier molecular flexibility index (Phi) is 10.2. The second-order valence-corrected chi connectivity index (χ2v) is 8.63. The average Bonchev–Trinajstić information content (AvgIpc) is 2.87. The Morgan fingerprint density at radius 3 is 2.46 bits per heavy atom. The summed E-state index contributed by atoms with van der Waals surface area (Å²) in [6.45, 7) is 4.28. The van der Waals surface area contributed by atoms with Crippen LogP contribution in [0.1, 0.15) is 43.0 Å². The minimum atomic E-state index is -0.778. The number of hydrogen-bond donors (Lipinski definition) is 1. The first-order valence-corrected chi connectivity index (χ1v) is 12.2. The quantitative estimate of drug-likeness (QED) is 0.287. The lowest BCUT2D eigenvalue weighted by atomic mass is 9.96. The van der Waals surface area contributed by atoms with Gasteiger partial charge in [-0.3, -0.25) is 9.59 Å². The summed E-state index contributed by atoms with van der Waals surface area (Å²) in [5, 5.41) is 3.52. The lowest BCUT2D eigenvalue weighted by Gasteiger charge is -2.32. The molecule has 2 aromatic carbocycles.